The van der Waals surface area contributed by atoms with Gasteiger partial charge >= 0.3 is 17.9 Å². The molecule has 2 heterocycles. The normalized spacial score (nSPS) is 11.1. The number of carbonyl (C=O) groups is 4. The molecule has 12 heteroatoms. The third-order valence-corrected chi connectivity index (χ3v) is 4.21. The number of nitrogens with zero attached hydrogens (tertiary/aromatic N) is 3. The molecule has 0 aliphatic rings. The second-order valence-electron chi connectivity index (χ2n) is 6.38. The average molecular weight is 443 g/mol. The topological polar surface area (TPSA) is 189 Å². The van der Waals surface area contributed by atoms with Gasteiger partial charge in [-0.15, -0.1) is 0 Å². The first kappa shape index (κ1) is 24.0. The van der Waals surface area contributed by atoms with Crippen molar-refractivity contribution in [2.24, 2.45) is 11.5 Å². The molecule has 0 aliphatic heterocycles. The second kappa shape index (κ2) is 10.1. The largest absolute Gasteiger partial charge is 0.477 e. The number of aromatic carboxylic acids is 1. The van der Waals surface area contributed by atoms with Crippen molar-refractivity contribution in [1.82, 2.24) is 14.4 Å². The Labute approximate surface area is 181 Å². The van der Waals surface area contributed by atoms with Crippen LogP contribution in [-0.2, 0) is 9.47 Å². The summed E-state index contributed by atoms with van der Waals surface area (Å²) in [5, 5.41) is 8.93. The van der Waals surface area contributed by atoms with Crippen LogP contribution < -0.4 is 11.5 Å². The molecule has 3 aromatic rings. The molecule has 1 amide bonds. The number of rotatable bonds is 5. The predicted molar refractivity (Wildman–Crippen MR) is 110 cm³/mol. The maximum absolute atomic E-state index is 11.6. The van der Waals surface area contributed by atoms with Gasteiger partial charge in [-0.2, -0.15) is 0 Å². The first-order valence-electron chi connectivity index (χ1n) is 9.04. The van der Waals surface area contributed by atoms with Crippen LogP contribution in [-0.4, -0.2) is 57.5 Å². The molecule has 5 N–H and O–H groups in total. The van der Waals surface area contributed by atoms with Gasteiger partial charge < -0.3 is 26.0 Å². The minimum Gasteiger partial charge on any atom is -0.477 e. The van der Waals surface area contributed by atoms with Crippen molar-refractivity contribution in [3.8, 4) is 0 Å². The Bertz CT molecular complexity index is 1170. The van der Waals surface area contributed by atoms with E-state index in [2.05, 4.69) is 19.4 Å². The van der Waals surface area contributed by atoms with E-state index >= 15 is 0 Å². The van der Waals surface area contributed by atoms with Crippen molar-refractivity contribution < 1.29 is 33.8 Å². The second-order valence-corrected chi connectivity index (χ2v) is 6.38. The quantitative estimate of drug-likeness (QED) is 0.476. The number of hydrogen-bond acceptors (Lipinski definition) is 9. The van der Waals surface area contributed by atoms with E-state index in [-0.39, 0.29) is 29.0 Å². The molecule has 0 saturated carbocycles. The summed E-state index contributed by atoms with van der Waals surface area (Å²) in [5.41, 5.74) is 11.4. The van der Waals surface area contributed by atoms with Crippen LogP contribution in [0.5, 0.6) is 0 Å². The van der Waals surface area contributed by atoms with Gasteiger partial charge in [0.15, 0.2) is 17.0 Å². The number of carboxylic acids is 1. The van der Waals surface area contributed by atoms with Crippen molar-refractivity contribution in [2.45, 2.75) is 13.0 Å². The highest BCUT2D eigenvalue weighted by Crippen LogP contribution is 2.13. The van der Waals surface area contributed by atoms with E-state index in [0.717, 1.165) is 29.5 Å². The van der Waals surface area contributed by atoms with E-state index in [9.17, 15) is 19.2 Å². The first-order chi connectivity index (χ1) is 15.1. The van der Waals surface area contributed by atoms with Crippen LogP contribution in [0.4, 0.5) is 0 Å². The highest BCUT2D eigenvalue weighted by molar-refractivity contribution is 5.99. The Kier molecular flexibility index (Phi) is 7.58. The van der Waals surface area contributed by atoms with Crippen LogP contribution in [0.3, 0.4) is 0 Å². The van der Waals surface area contributed by atoms with Crippen molar-refractivity contribution >= 4 is 29.5 Å². The van der Waals surface area contributed by atoms with Crippen molar-refractivity contribution in [3.05, 3.63) is 64.9 Å². The molecule has 0 bridgehead atoms. The van der Waals surface area contributed by atoms with Gasteiger partial charge in [0, 0.05) is 12.1 Å². The molecule has 2 aromatic heterocycles. The SMILES string of the molecule is COC(=O)c1cc(C(=O)O)nc2c(C(N)=O)ncn12.COC(=O)c1ccc([C@H](C)N)cc1. The van der Waals surface area contributed by atoms with Crippen LogP contribution in [0.25, 0.3) is 5.65 Å². The zero-order valence-corrected chi connectivity index (χ0v) is 17.4. The van der Waals surface area contributed by atoms with Gasteiger partial charge in [-0.25, -0.2) is 24.4 Å². The summed E-state index contributed by atoms with van der Waals surface area (Å²) >= 11 is 0. The smallest absolute Gasteiger partial charge is 0.355 e. The van der Waals surface area contributed by atoms with Crippen molar-refractivity contribution in [3.63, 3.8) is 0 Å². The molecule has 1 atom stereocenters. The molecular formula is C20H21N5O7. The molecule has 0 fully saturated rings. The summed E-state index contributed by atoms with van der Waals surface area (Å²) in [5.74, 6) is -3.35. The highest BCUT2D eigenvalue weighted by atomic mass is 16.5. The van der Waals surface area contributed by atoms with Crippen molar-refractivity contribution in [1.29, 1.82) is 0 Å². The number of hydrogen-bond donors (Lipinski definition) is 3. The summed E-state index contributed by atoms with van der Waals surface area (Å²) in [6.07, 6.45) is 1.14. The third kappa shape index (κ3) is 5.23. The Morgan fingerprint density at radius 1 is 1.06 bits per heavy atom. The minimum atomic E-state index is -1.36. The highest BCUT2D eigenvalue weighted by Gasteiger charge is 2.21. The molecule has 3 rings (SSSR count). The Morgan fingerprint density at radius 2 is 1.66 bits per heavy atom. The van der Waals surface area contributed by atoms with Gasteiger partial charge in [-0.05, 0) is 24.6 Å². The molecule has 0 radical (unpaired) electrons. The lowest BCUT2D eigenvalue weighted by Crippen LogP contribution is -2.15. The Hall–Kier alpha value is -4.32. The number of carboxylic acid groups (broad SMARTS) is 1. The van der Waals surface area contributed by atoms with Gasteiger partial charge in [0.25, 0.3) is 5.91 Å². The fraction of sp³-hybridized carbons (Fsp3) is 0.200. The fourth-order valence-electron chi connectivity index (χ4n) is 2.56. The van der Waals surface area contributed by atoms with Crippen LogP contribution in [0.15, 0.2) is 36.7 Å². The maximum Gasteiger partial charge on any atom is 0.355 e. The first-order valence-corrected chi connectivity index (χ1v) is 9.04. The molecule has 12 nitrogen and oxygen atoms in total. The Balaban J connectivity index is 0.000000244. The summed E-state index contributed by atoms with van der Waals surface area (Å²) in [7, 11) is 2.50. The van der Waals surface area contributed by atoms with E-state index in [1.807, 2.05) is 19.1 Å². The van der Waals surface area contributed by atoms with E-state index in [0.29, 0.717) is 5.56 Å². The number of benzene rings is 1. The number of fused-ring (bicyclic) bond motifs is 1. The van der Waals surface area contributed by atoms with E-state index < -0.39 is 23.5 Å². The standard InChI is InChI=1S/C10H8N4O5.C10H13NO2/c1-19-10(18)5-2-4(9(16)17)13-8-6(7(11)15)12-3-14(5)8;1-7(11)8-3-5-9(6-4-8)10(12)13-2/h2-3H,1H3,(H2,11,15)(H,16,17);3-7H,11H2,1-2H3/t;7-/m.0/s1. The van der Waals surface area contributed by atoms with Gasteiger partial charge in [0.05, 0.1) is 19.8 Å². The van der Waals surface area contributed by atoms with Crippen LogP contribution >= 0.6 is 0 Å². The van der Waals surface area contributed by atoms with E-state index in [1.165, 1.54) is 7.11 Å². The zero-order chi connectivity index (χ0) is 24.0. The summed E-state index contributed by atoms with van der Waals surface area (Å²) in [6, 6.07) is 8.10. The summed E-state index contributed by atoms with van der Waals surface area (Å²) in [6.45, 7) is 1.90. The van der Waals surface area contributed by atoms with E-state index in [1.54, 1.807) is 12.1 Å². The number of imidazole rings is 1. The monoisotopic (exact) mass is 443 g/mol. The van der Waals surface area contributed by atoms with E-state index in [4.69, 9.17) is 16.6 Å². The molecule has 0 saturated heterocycles. The van der Waals surface area contributed by atoms with Gasteiger partial charge in [-0.3, -0.25) is 9.20 Å². The number of aromatic nitrogens is 3. The maximum atomic E-state index is 11.6. The number of methoxy groups -OCH3 is 2. The molecule has 0 unspecified atom stereocenters. The lowest BCUT2D eigenvalue weighted by molar-refractivity contribution is 0.0586. The van der Waals surface area contributed by atoms with Crippen LogP contribution in [0.2, 0.25) is 0 Å². The number of amides is 1. The molecule has 0 aliphatic carbocycles. The van der Waals surface area contributed by atoms with Crippen molar-refractivity contribution in [2.75, 3.05) is 14.2 Å². The predicted octanol–water partition coefficient (Wildman–Crippen LogP) is 0.806. The number of esters is 2. The van der Waals surface area contributed by atoms with Gasteiger partial charge in [0.2, 0.25) is 0 Å². The number of carbonyl (C=O) groups excluding carboxylic acids is 3. The lowest BCUT2D eigenvalue weighted by atomic mass is 10.1. The lowest BCUT2D eigenvalue weighted by Gasteiger charge is -2.05. The number of primary amides is 1. The fourth-order valence-corrected chi connectivity index (χ4v) is 2.56. The average Bonchev–Trinajstić information content (AvgIpc) is 3.22. The molecule has 1 aromatic carbocycles. The summed E-state index contributed by atoms with van der Waals surface area (Å²) in [4.78, 5) is 52.1. The summed E-state index contributed by atoms with van der Waals surface area (Å²) < 4.78 is 10.2. The molecule has 0 spiro atoms. The number of nitrogens with two attached hydrogens (primary N) is 2. The van der Waals surface area contributed by atoms with Crippen LogP contribution in [0, 0.1) is 0 Å². The number of ether oxygens (including phenoxy) is 2. The Morgan fingerprint density at radius 3 is 2.12 bits per heavy atom. The minimum absolute atomic E-state index is 0.00769. The molecular weight excluding hydrogens is 422 g/mol. The molecule has 32 heavy (non-hydrogen) atoms. The van der Waals surface area contributed by atoms with Crippen LogP contribution in [0.1, 0.15) is 60.4 Å². The van der Waals surface area contributed by atoms with Gasteiger partial charge in [-0.1, -0.05) is 12.1 Å². The zero-order valence-electron chi connectivity index (χ0n) is 17.4. The third-order valence-electron chi connectivity index (χ3n) is 4.21. The van der Waals surface area contributed by atoms with Gasteiger partial charge in [0.1, 0.15) is 12.0 Å². The molecule has 168 valence electrons.